The third-order valence-electron chi connectivity index (χ3n) is 5.35. The van der Waals surface area contributed by atoms with Crippen molar-refractivity contribution in [1.29, 1.82) is 0 Å². The van der Waals surface area contributed by atoms with E-state index in [2.05, 4.69) is 0 Å². The van der Waals surface area contributed by atoms with Gasteiger partial charge in [0.2, 0.25) is 10.0 Å². The fourth-order valence-electron chi connectivity index (χ4n) is 3.44. The Labute approximate surface area is 182 Å². The van der Waals surface area contributed by atoms with Gasteiger partial charge in [-0.05, 0) is 6.07 Å². The topological polar surface area (TPSA) is 171 Å². The molecule has 0 aliphatic carbocycles. The summed E-state index contributed by atoms with van der Waals surface area (Å²) in [4.78, 5) is 48.7. The van der Waals surface area contributed by atoms with Crippen molar-refractivity contribution in [3.63, 3.8) is 0 Å². The molecule has 1 aliphatic heterocycles. The van der Waals surface area contributed by atoms with E-state index in [4.69, 9.17) is 5.73 Å². The Morgan fingerprint density at radius 3 is 2.34 bits per heavy atom. The molecule has 2 heterocycles. The van der Waals surface area contributed by atoms with Gasteiger partial charge in [-0.2, -0.15) is 4.31 Å². The number of piperazine rings is 1. The van der Waals surface area contributed by atoms with Crippen LogP contribution in [0.2, 0.25) is 0 Å². The molecular weight excluding hydrogens is 444 g/mol. The van der Waals surface area contributed by atoms with Gasteiger partial charge >= 0.3 is 5.69 Å². The minimum absolute atomic E-state index is 0.0546. The Balaban J connectivity index is 1.73. The second-order valence-corrected chi connectivity index (χ2v) is 9.26. The van der Waals surface area contributed by atoms with Crippen molar-refractivity contribution in [2.24, 2.45) is 14.1 Å². The third kappa shape index (κ3) is 4.19. The van der Waals surface area contributed by atoms with Crippen LogP contribution in [0.25, 0.3) is 0 Å². The van der Waals surface area contributed by atoms with Gasteiger partial charge in [0.05, 0.1) is 16.4 Å². The SMILES string of the molecule is Cn1c(N)c(C(=O)CN2CCN(S(=O)(=O)c3cccc([N+](=O)[O-])c3)CC2)c(=O)n(C)c1=O. The fraction of sp³-hybridized carbons (Fsp3) is 0.389. The number of carbonyl (C=O) groups excluding carboxylic acids is 1. The number of nitro groups is 1. The van der Waals surface area contributed by atoms with Gasteiger partial charge < -0.3 is 5.73 Å². The van der Waals surface area contributed by atoms with Crippen molar-refractivity contribution < 1.29 is 18.1 Å². The first-order valence-corrected chi connectivity index (χ1v) is 10.9. The highest BCUT2D eigenvalue weighted by Crippen LogP contribution is 2.22. The van der Waals surface area contributed by atoms with E-state index in [-0.39, 0.29) is 54.7 Å². The number of nitrogens with zero attached hydrogens (tertiary/aromatic N) is 5. The number of nitrogen functional groups attached to an aromatic ring is 1. The first-order chi connectivity index (χ1) is 14.9. The highest BCUT2D eigenvalue weighted by atomic mass is 32.2. The summed E-state index contributed by atoms with van der Waals surface area (Å²) in [5, 5.41) is 10.9. The van der Waals surface area contributed by atoms with Crippen LogP contribution >= 0.6 is 0 Å². The van der Waals surface area contributed by atoms with Crippen LogP contribution in [0.4, 0.5) is 11.5 Å². The number of rotatable bonds is 6. The molecule has 3 rings (SSSR count). The quantitative estimate of drug-likeness (QED) is 0.311. The largest absolute Gasteiger partial charge is 0.384 e. The number of non-ortho nitro benzene ring substituents is 1. The van der Waals surface area contributed by atoms with Crippen molar-refractivity contribution in [3.05, 3.63) is 60.8 Å². The van der Waals surface area contributed by atoms with Crippen LogP contribution in [0.3, 0.4) is 0 Å². The number of nitro benzene ring substituents is 1. The Bertz CT molecular complexity index is 1310. The van der Waals surface area contributed by atoms with Gasteiger partial charge in [0.1, 0.15) is 11.4 Å². The average Bonchev–Trinajstić information content (AvgIpc) is 2.77. The molecule has 1 aromatic heterocycles. The van der Waals surface area contributed by atoms with Crippen LogP contribution in [0, 0.1) is 10.1 Å². The zero-order valence-corrected chi connectivity index (χ0v) is 18.2. The molecule has 0 spiro atoms. The number of ketones is 1. The first-order valence-electron chi connectivity index (χ1n) is 9.50. The summed E-state index contributed by atoms with van der Waals surface area (Å²) in [5.74, 6) is -0.802. The highest BCUT2D eigenvalue weighted by molar-refractivity contribution is 7.89. The molecule has 0 atom stereocenters. The van der Waals surface area contributed by atoms with Crippen molar-refractivity contribution >= 4 is 27.3 Å². The molecule has 0 bridgehead atoms. The number of aromatic nitrogens is 2. The standard InChI is InChI=1S/C18H22N6O7S/c1-20-16(19)15(17(26)21(2)18(20)27)14(25)11-22-6-8-23(9-7-22)32(30,31)13-5-3-4-12(10-13)24(28)29/h3-5,10H,6-9,11,19H2,1-2H3. The molecule has 14 heteroatoms. The molecule has 0 radical (unpaired) electrons. The van der Waals surface area contributed by atoms with Crippen LogP contribution in [-0.2, 0) is 24.1 Å². The lowest BCUT2D eigenvalue weighted by atomic mass is 10.1. The molecule has 0 saturated carbocycles. The van der Waals surface area contributed by atoms with Gasteiger partial charge in [0.25, 0.3) is 11.2 Å². The van der Waals surface area contributed by atoms with Gasteiger partial charge in [0, 0.05) is 52.4 Å². The van der Waals surface area contributed by atoms with Crippen molar-refractivity contribution in [2.45, 2.75) is 4.90 Å². The summed E-state index contributed by atoms with van der Waals surface area (Å²) in [6.07, 6.45) is 0. The van der Waals surface area contributed by atoms with Gasteiger partial charge in [-0.25, -0.2) is 13.2 Å². The molecule has 0 unspecified atom stereocenters. The van der Waals surface area contributed by atoms with E-state index in [0.717, 1.165) is 15.2 Å². The lowest BCUT2D eigenvalue weighted by Gasteiger charge is -2.33. The van der Waals surface area contributed by atoms with Crippen LogP contribution < -0.4 is 17.0 Å². The van der Waals surface area contributed by atoms with E-state index in [0.29, 0.717) is 0 Å². The predicted molar refractivity (Wildman–Crippen MR) is 114 cm³/mol. The molecule has 0 amide bonds. The fourth-order valence-corrected chi connectivity index (χ4v) is 4.90. The Morgan fingerprint density at radius 1 is 1.12 bits per heavy atom. The molecule has 2 N–H and O–H groups in total. The Kier molecular flexibility index (Phi) is 6.29. The molecule has 1 fully saturated rings. The van der Waals surface area contributed by atoms with E-state index >= 15 is 0 Å². The number of hydrogen-bond donors (Lipinski definition) is 1. The summed E-state index contributed by atoms with van der Waals surface area (Å²) < 4.78 is 28.7. The maximum Gasteiger partial charge on any atom is 0.332 e. The molecule has 2 aromatic rings. The smallest absolute Gasteiger partial charge is 0.332 e. The number of nitrogens with two attached hydrogens (primary N) is 1. The number of benzene rings is 1. The van der Waals surface area contributed by atoms with Gasteiger partial charge in [-0.1, -0.05) is 6.07 Å². The van der Waals surface area contributed by atoms with Crippen molar-refractivity contribution in [2.75, 3.05) is 38.5 Å². The average molecular weight is 466 g/mol. The third-order valence-corrected chi connectivity index (χ3v) is 7.25. The van der Waals surface area contributed by atoms with E-state index in [1.165, 1.54) is 36.6 Å². The summed E-state index contributed by atoms with van der Waals surface area (Å²) in [5.41, 5.74) is 3.75. The van der Waals surface area contributed by atoms with Crippen molar-refractivity contribution in [3.8, 4) is 0 Å². The van der Waals surface area contributed by atoms with Crippen LogP contribution in [0.15, 0.2) is 38.8 Å². The zero-order valence-electron chi connectivity index (χ0n) is 17.4. The maximum absolute atomic E-state index is 12.8. The summed E-state index contributed by atoms with van der Waals surface area (Å²) in [7, 11) is -1.34. The van der Waals surface area contributed by atoms with Crippen LogP contribution in [0.1, 0.15) is 10.4 Å². The lowest BCUT2D eigenvalue weighted by molar-refractivity contribution is -0.385. The number of sulfonamides is 1. The van der Waals surface area contributed by atoms with Gasteiger partial charge in [0.15, 0.2) is 5.78 Å². The van der Waals surface area contributed by atoms with E-state index in [9.17, 15) is 32.9 Å². The zero-order chi connectivity index (χ0) is 23.8. The minimum Gasteiger partial charge on any atom is -0.384 e. The van der Waals surface area contributed by atoms with Gasteiger partial charge in [-0.15, -0.1) is 0 Å². The lowest BCUT2D eigenvalue weighted by Crippen LogP contribution is -2.50. The molecule has 1 saturated heterocycles. The monoisotopic (exact) mass is 466 g/mol. The van der Waals surface area contributed by atoms with E-state index < -0.39 is 32.0 Å². The number of hydrogen-bond acceptors (Lipinski definition) is 9. The Morgan fingerprint density at radius 2 is 1.75 bits per heavy atom. The molecule has 13 nitrogen and oxygen atoms in total. The molecule has 1 aliphatic rings. The second kappa shape index (κ2) is 8.64. The van der Waals surface area contributed by atoms with E-state index in [1.807, 2.05) is 0 Å². The molecule has 172 valence electrons. The summed E-state index contributed by atoms with van der Waals surface area (Å²) in [6.45, 7) is 0.332. The van der Waals surface area contributed by atoms with Crippen LogP contribution in [-0.4, -0.2) is 70.2 Å². The highest BCUT2D eigenvalue weighted by Gasteiger charge is 2.31. The second-order valence-electron chi connectivity index (χ2n) is 7.32. The van der Waals surface area contributed by atoms with Crippen molar-refractivity contribution in [1.82, 2.24) is 18.3 Å². The summed E-state index contributed by atoms with van der Waals surface area (Å²) in [6, 6.07) is 4.80. The van der Waals surface area contributed by atoms with Gasteiger partial charge in [-0.3, -0.25) is 33.7 Å². The summed E-state index contributed by atoms with van der Waals surface area (Å²) >= 11 is 0. The normalized spacial score (nSPS) is 15.6. The molecule has 32 heavy (non-hydrogen) atoms. The minimum atomic E-state index is -3.95. The Hall–Kier alpha value is -3.36. The first kappa shape index (κ1) is 23.3. The number of carbonyl (C=O) groups is 1. The number of Topliss-reactive ketones (excluding diaryl/α,β-unsaturated/α-hetero) is 1. The molecule has 1 aromatic carbocycles. The molecular formula is C18H22N6O7S. The number of anilines is 1. The van der Waals surface area contributed by atoms with E-state index in [1.54, 1.807) is 4.90 Å². The van der Waals surface area contributed by atoms with Crippen LogP contribution in [0.5, 0.6) is 0 Å². The maximum atomic E-state index is 12.8. The predicted octanol–water partition coefficient (Wildman–Crippen LogP) is -1.24.